The minimum atomic E-state index is -0.871. The van der Waals surface area contributed by atoms with Gasteiger partial charge in [-0.15, -0.1) is 11.3 Å². The van der Waals surface area contributed by atoms with Gasteiger partial charge in [0, 0.05) is 18.1 Å². The number of carbonyl (C=O) groups excluding carboxylic acids is 1. The van der Waals surface area contributed by atoms with E-state index in [0.717, 1.165) is 17.8 Å². The van der Waals surface area contributed by atoms with Gasteiger partial charge in [0.25, 0.3) is 0 Å². The molecule has 0 spiro atoms. The molecule has 3 N–H and O–H groups in total. The van der Waals surface area contributed by atoms with Gasteiger partial charge in [-0.2, -0.15) is 0 Å². The Balaban J connectivity index is 2.39. The Bertz CT molecular complexity index is 419. The number of hydrogen-bond acceptors (Lipinski definition) is 4. The zero-order valence-corrected chi connectivity index (χ0v) is 14.2. The van der Waals surface area contributed by atoms with Crippen molar-refractivity contribution in [2.45, 2.75) is 58.6 Å². The number of rotatable bonds is 8. The van der Waals surface area contributed by atoms with Crippen molar-refractivity contribution in [3.05, 3.63) is 16.6 Å². The van der Waals surface area contributed by atoms with Crippen LogP contribution in [-0.2, 0) is 0 Å². The largest absolute Gasteiger partial charge is 0.388 e. The van der Waals surface area contributed by atoms with Gasteiger partial charge in [-0.05, 0) is 32.1 Å². The number of carbonyl (C=O) groups is 1. The lowest BCUT2D eigenvalue weighted by atomic mass is 9.95. The van der Waals surface area contributed by atoms with E-state index in [0.29, 0.717) is 12.3 Å². The van der Waals surface area contributed by atoms with E-state index in [1.54, 1.807) is 13.1 Å². The summed E-state index contributed by atoms with van der Waals surface area (Å²) in [6.07, 6.45) is 4.13. The third-order valence-corrected chi connectivity index (χ3v) is 4.24. The van der Waals surface area contributed by atoms with Crippen molar-refractivity contribution < 1.29 is 9.90 Å². The minimum absolute atomic E-state index is 0.0781. The smallest absolute Gasteiger partial charge is 0.315 e. The first-order chi connectivity index (χ1) is 9.84. The van der Waals surface area contributed by atoms with Gasteiger partial charge in [-0.25, -0.2) is 9.78 Å². The second-order valence-corrected chi connectivity index (χ2v) is 7.01. The van der Waals surface area contributed by atoms with Gasteiger partial charge in [0.1, 0.15) is 5.01 Å². The SMILES string of the molecule is CCC(NC(=O)NCC(C)(O)CCC(C)C)c1nccs1. The van der Waals surface area contributed by atoms with Crippen LogP contribution in [0.5, 0.6) is 0 Å². The molecule has 1 aromatic rings. The maximum Gasteiger partial charge on any atom is 0.315 e. The zero-order valence-electron chi connectivity index (χ0n) is 13.3. The quantitative estimate of drug-likeness (QED) is 0.690. The Hall–Kier alpha value is -1.14. The number of urea groups is 1. The average molecular weight is 313 g/mol. The van der Waals surface area contributed by atoms with Crippen LogP contribution in [0, 0.1) is 5.92 Å². The molecule has 5 nitrogen and oxygen atoms in total. The molecule has 1 heterocycles. The summed E-state index contributed by atoms with van der Waals surface area (Å²) in [7, 11) is 0. The Kier molecular flexibility index (Phi) is 7.11. The van der Waals surface area contributed by atoms with Gasteiger partial charge >= 0.3 is 6.03 Å². The van der Waals surface area contributed by atoms with Crippen molar-refractivity contribution in [2.24, 2.45) is 5.92 Å². The molecule has 2 atom stereocenters. The van der Waals surface area contributed by atoms with E-state index in [9.17, 15) is 9.90 Å². The number of hydrogen-bond donors (Lipinski definition) is 3. The molecule has 0 bridgehead atoms. The van der Waals surface area contributed by atoms with E-state index in [4.69, 9.17) is 0 Å². The number of amides is 2. The van der Waals surface area contributed by atoms with E-state index in [2.05, 4.69) is 29.5 Å². The van der Waals surface area contributed by atoms with Crippen molar-refractivity contribution in [3.63, 3.8) is 0 Å². The first kappa shape index (κ1) is 17.9. The van der Waals surface area contributed by atoms with E-state index >= 15 is 0 Å². The van der Waals surface area contributed by atoms with Gasteiger partial charge in [0.15, 0.2) is 0 Å². The average Bonchev–Trinajstić information content (AvgIpc) is 2.94. The van der Waals surface area contributed by atoms with Crippen LogP contribution in [0.25, 0.3) is 0 Å². The predicted octanol–water partition coefficient (Wildman–Crippen LogP) is 3.08. The monoisotopic (exact) mass is 313 g/mol. The summed E-state index contributed by atoms with van der Waals surface area (Å²) in [5.41, 5.74) is -0.871. The molecule has 6 heteroatoms. The maximum atomic E-state index is 11.9. The molecule has 2 unspecified atom stereocenters. The molecule has 0 saturated heterocycles. The van der Waals surface area contributed by atoms with Crippen LogP contribution in [0.4, 0.5) is 4.79 Å². The van der Waals surface area contributed by atoms with Crippen LogP contribution in [-0.4, -0.2) is 28.3 Å². The van der Waals surface area contributed by atoms with E-state index in [-0.39, 0.29) is 18.6 Å². The van der Waals surface area contributed by atoms with Crippen molar-refractivity contribution >= 4 is 17.4 Å². The zero-order chi connectivity index (χ0) is 15.9. The predicted molar refractivity (Wildman–Crippen MR) is 86.4 cm³/mol. The summed E-state index contributed by atoms with van der Waals surface area (Å²) in [5.74, 6) is 0.541. The van der Waals surface area contributed by atoms with E-state index in [1.807, 2.05) is 12.3 Å². The normalized spacial score (nSPS) is 15.5. The standard InChI is InChI=1S/C15H27N3O2S/c1-5-12(13-16-8-9-21-13)18-14(19)17-10-15(4,20)7-6-11(2)3/h8-9,11-12,20H,5-7,10H2,1-4H3,(H2,17,18,19). The molecule has 0 aromatic carbocycles. The highest BCUT2D eigenvalue weighted by molar-refractivity contribution is 7.09. The van der Waals surface area contributed by atoms with Crippen molar-refractivity contribution in [1.82, 2.24) is 15.6 Å². The molecule has 21 heavy (non-hydrogen) atoms. The van der Waals surface area contributed by atoms with Gasteiger partial charge in [-0.3, -0.25) is 0 Å². The third kappa shape index (κ3) is 6.91. The second kappa shape index (κ2) is 8.34. The van der Waals surface area contributed by atoms with Crippen LogP contribution in [0.3, 0.4) is 0 Å². The van der Waals surface area contributed by atoms with Crippen molar-refractivity contribution in [1.29, 1.82) is 0 Å². The van der Waals surface area contributed by atoms with E-state index in [1.165, 1.54) is 11.3 Å². The molecule has 0 fully saturated rings. The highest BCUT2D eigenvalue weighted by atomic mass is 32.1. The third-order valence-electron chi connectivity index (χ3n) is 3.35. The summed E-state index contributed by atoms with van der Waals surface area (Å²) in [5, 5.41) is 18.7. The first-order valence-corrected chi connectivity index (χ1v) is 8.38. The van der Waals surface area contributed by atoms with E-state index < -0.39 is 5.60 Å². The van der Waals surface area contributed by atoms with Crippen LogP contribution in [0.15, 0.2) is 11.6 Å². The molecule has 2 amide bonds. The summed E-state index contributed by atoms with van der Waals surface area (Å²) >= 11 is 1.53. The Morgan fingerprint density at radius 2 is 2.24 bits per heavy atom. The molecule has 120 valence electrons. The summed E-state index contributed by atoms with van der Waals surface area (Å²) in [6.45, 7) is 8.25. The highest BCUT2D eigenvalue weighted by Gasteiger charge is 2.22. The molecule has 0 aliphatic heterocycles. The van der Waals surface area contributed by atoms with Crippen LogP contribution in [0.1, 0.15) is 58.0 Å². The molecular weight excluding hydrogens is 286 g/mol. The van der Waals surface area contributed by atoms with Gasteiger partial charge in [0.05, 0.1) is 11.6 Å². The number of nitrogens with zero attached hydrogens (tertiary/aromatic N) is 1. The molecule has 0 radical (unpaired) electrons. The molecule has 1 rings (SSSR count). The fraction of sp³-hybridized carbons (Fsp3) is 0.733. The Labute approximate surface area is 131 Å². The van der Waals surface area contributed by atoms with Gasteiger partial charge in [0.2, 0.25) is 0 Å². The molecular formula is C15H27N3O2S. The van der Waals surface area contributed by atoms with Crippen LogP contribution in [0.2, 0.25) is 0 Å². The lowest BCUT2D eigenvalue weighted by Crippen LogP contribution is -2.45. The fourth-order valence-corrected chi connectivity index (χ4v) is 2.69. The Morgan fingerprint density at radius 1 is 1.52 bits per heavy atom. The number of aliphatic hydroxyl groups is 1. The number of thiazole rings is 1. The molecule has 0 aliphatic rings. The molecule has 1 aromatic heterocycles. The first-order valence-electron chi connectivity index (χ1n) is 7.50. The summed E-state index contributed by atoms with van der Waals surface area (Å²) in [6, 6.07) is -0.340. The van der Waals surface area contributed by atoms with Crippen LogP contribution < -0.4 is 10.6 Å². The topological polar surface area (TPSA) is 74.2 Å². The lowest BCUT2D eigenvalue weighted by Gasteiger charge is -2.25. The minimum Gasteiger partial charge on any atom is -0.388 e. The summed E-state index contributed by atoms with van der Waals surface area (Å²) in [4.78, 5) is 16.2. The maximum absolute atomic E-state index is 11.9. The highest BCUT2D eigenvalue weighted by Crippen LogP contribution is 2.19. The van der Waals surface area contributed by atoms with Crippen molar-refractivity contribution in [3.8, 4) is 0 Å². The number of nitrogens with one attached hydrogen (secondary N) is 2. The Morgan fingerprint density at radius 3 is 2.76 bits per heavy atom. The summed E-state index contributed by atoms with van der Waals surface area (Å²) < 4.78 is 0. The second-order valence-electron chi connectivity index (χ2n) is 6.09. The molecule has 0 aliphatic carbocycles. The van der Waals surface area contributed by atoms with Crippen molar-refractivity contribution in [2.75, 3.05) is 6.54 Å². The van der Waals surface area contributed by atoms with Gasteiger partial charge in [-0.1, -0.05) is 20.8 Å². The fourth-order valence-electron chi connectivity index (χ4n) is 1.91. The number of aromatic nitrogens is 1. The van der Waals surface area contributed by atoms with Crippen LogP contribution >= 0.6 is 11.3 Å². The lowest BCUT2D eigenvalue weighted by molar-refractivity contribution is 0.0475. The van der Waals surface area contributed by atoms with Gasteiger partial charge < -0.3 is 15.7 Å². The molecule has 0 saturated carbocycles.